The molecule has 0 saturated carbocycles. The number of nitrogen functional groups attached to an aromatic ring is 1. The molecule has 3 N–H and O–H groups in total. The van der Waals surface area contributed by atoms with Crippen molar-refractivity contribution in [2.24, 2.45) is 0 Å². The first-order chi connectivity index (χ1) is 10.1. The lowest BCUT2D eigenvalue weighted by atomic mass is 10.2. The molecule has 0 bridgehead atoms. The Labute approximate surface area is 123 Å². The summed E-state index contributed by atoms with van der Waals surface area (Å²) in [7, 11) is 1.57. The molecular weight excluding hydrogens is 268 g/mol. The topological polar surface area (TPSA) is 73.6 Å². The van der Waals surface area contributed by atoms with E-state index in [9.17, 15) is 4.79 Å². The number of carbonyl (C=O) groups is 1. The highest BCUT2D eigenvalue weighted by atomic mass is 16.5. The van der Waals surface area contributed by atoms with Gasteiger partial charge in [-0.1, -0.05) is 18.2 Å². The lowest BCUT2D eigenvalue weighted by molar-refractivity contribution is -0.114. The van der Waals surface area contributed by atoms with E-state index in [-0.39, 0.29) is 5.91 Å². The standard InChI is InChI=1S/C16H18N2O3/c1-11(19)18-14-5-3-4-6-16(14)21-10-12-7-8-15(20-2)13(17)9-12/h3-9H,10,17H2,1-2H3,(H,18,19). The number of rotatable bonds is 5. The van der Waals surface area contributed by atoms with Crippen LogP contribution in [0.5, 0.6) is 11.5 Å². The minimum Gasteiger partial charge on any atom is -0.495 e. The summed E-state index contributed by atoms with van der Waals surface area (Å²) in [6.07, 6.45) is 0. The fraction of sp³-hybridized carbons (Fsp3) is 0.188. The summed E-state index contributed by atoms with van der Waals surface area (Å²) in [5, 5.41) is 2.73. The number of amides is 1. The molecule has 21 heavy (non-hydrogen) atoms. The fourth-order valence-electron chi connectivity index (χ4n) is 1.92. The Hall–Kier alpha value is -2.69. The van der Waals surface area contributed by atoms with Crippen LogP contribution in [0.15, 0.2) is 42.5 Å². The van der Waals surface area contributed by atoms with Crippen LogP contribution in [0.1, 0.15) is 12.5 Å². The first kappa shape index (κ1) is 14.7. The Kier molecular flexibility index (Phi) is 4.66. The first-order valence-electron chi connectivity index (χ1n) is 6.52. The number of para-hydroxylation sites is 2. The molecule has 0 fully saturated rings. The van der Waals surface area contributed by atoms with Crippen molar-refractivity contribution in [2.45, 2.75) is 13.5 Å². The summed E-state index contributed by atoms with van der Waals surface area (Å²) < 4.78 is 10.9. The molecule has 2 rings (SSSR count). The monoisotopic (exact) mass is 286 g/mol. The molecule has 5 nitrogen and oxygen atoms in total. The van der Waals surface area contributed by atoms with Crippen molar-refractivity contribution < 1.29 is 14.3 Å². The van der Waals surface area contributed by atoms with E-state index in [0.717, 1.165) is 5.56 Å². The van der Waals surface area contributed by atoms with Crippen molar-refractivity contribution in [1.82, 2.24) is 0 Å². The summed E-state index contributed by atoms with van der Waals surface area (Å²) in [5.74, 6) is 1.11. The van der Waals surface area contributed by atoms with Crippen molar-refractivity contribution >= 4 is 17.3 Å². The van der Waals surface area contributed by atoms with Gasteiger partial charge in [-0.2, -0.15) is 0 Å². The number of hydrogen-bond donors (Lipinski definition) is 2. The highest BCUT2D eigenvalue weighted by molar-refractivity contribution is 5.90. The molecule has 0 atom stereocenters. The largest absolute Gasteiger partial charge is 0.495 e. The second-order valence-electron chi connectivity index (χ2n) is 4.54. The van der Waals surface area contributed by atoms with Crippen molar-refractivity contribution in [1.29, 1.82) is 0 Å². The molecule has 110 valence electrons. The summed E-state index contributed by atoms with van der Waals surface area (Å²) in [5.41, 5.74) is 7.99. The SMILES string of the molecule is COc1ccc(COc2ccccc2NC(C)=O)cc1N. The molecule has 5 heteroatoms. The summed E-state index contributed by atoms with van der Waals surface area (Å²) >= 11 is 0. The summed E-state index contributed by atoms with van der Waals surface area (Å²) in [6.45, 7) is 1.81. The zero-order valence-corrected chi connectivity index (χ0v) is 12.1. The third-order valence-corrected chi connectivity index (χ3v) is 2.89. The molecule has 2 aromatic carbocycles. The van der Waals surface area contributed by atoms with Gasteiger partial charge in [-0.3, -0.25) is 4.79 Å². The zero-order chi connectivity index (χ0) is 15.2. The van der Waals surface area contributed by atoms with Crippen LogP contribution in [0.3, 0.4) is 0 Å². The number of anilines is 2. The van der Waals surface area contributed by atoms with Crippen LogP contribution in [0.4, 0.5) is 11.4 Å². The predicted molar refractivity (Wildman–Crippen MR) is 82.5 cm³/mol. The Morgan fingerprint density at radius 1 is 1.19 bits per heavy atom. The first-order valence-corrected chi connectivity index (χ1v) is 6.52. The smallest absolute Gasteiger partial charge is 0.221 e. The van der Waals surface area contributed by atoms with Crippen LogP contribution in [0, 0.1) is 0 Å². The minimum atomic E-state index is -0.139. The van der Waals surface area contributed by atoms with E-state index < -0.39 is 0 Å². The second kappa shape index (κ2) is 6.65. The van der Waals surface area contributed by atoms with Crippen molar-refractivity contribution in [2.75, 3.05) is 18.2 Å². The maximum atomic E-state index is 11.2. The van der Waals surface area contributed by atoms with Crippen LogP contribution >= 0.6 is 0 Å². The van der Waals surface area contributed by atoms with Gasteiger partial charge in [-0.15, -0.1) is 0 Å². The molecule has 0 heterocycles. The highest BCUT2D eigenvalue weighted by Crippen LogP contribution is 2.26. The van der Waals surface area contributed by atoms with E-state index in [1.54, 1.807) is 31.4 Å². The van der Waals surface area contributed by atoms with Crippen LogP contribution in [0.2, 0.25) is 0 Å². The van der Waals surface area contributed by atoms with E-state index >= 15 is 0 Å². The normalized spacial score (nSPS) is 10.0. The van der Waals surface area contributed by atoms with E-state index in [4.69, 9.17) is 15.2 Å². The Morgan fingerprint density at radius 3 is 2.62 bits per heavy atom. The number of carbonyl (C=O) groups excluding carboxylic acids is 1. The average molecular weight is 286 g/mol. The van der Waals surface area contributed by atoms with Gasteiger partial charge in [-0.25, -0.2) is 0 Å². The lowest BCUT2D eigenvalue weighted by Crippen LogP contribution is -2.08. The van der Waals surface area contributed by atoms with Gasteiger partial charge in [0.25, 0.3) is 0 Å². The summed E-state index contributed by atoms with van der Waals surface area (Å²) in [4.78, 5) is 11.2. The summed E-state index contributed by atoms with van der Waals surface area (Å²) in [6, 6.07) is 12.8. The lowest BCUT2D eigenvalue weighted by Gasteiger charge is -2.12. The van der Waals surface area contributed by atoms with E-state index in [1.807, 2.05) is 18.2 Å². The molecule has 0 aliphatic carbocycles. The van der Waals surface area contributed by atoms with Crippen molar-refractivity contribution in [3.8, 4) is 11.5 Å². The van der Waals surface area contributed by atoms with Gasteiger partial charge in [0.2, 0.25) is 5.91 Å². The Balaban J connectivity index is 2.09. The van der Waals surface area contributed by atoms with Gasteiger partial charge in [0.05, 0.1) is 18.5 Å². The van der Waals surface area contributed by atoms with Crippen LogP contribution in [0.25, 0.3) is 0 Å². The fourth-order valence-corrected chi connectivity index (χ4v) is 1.92. The van der Waals surface area contributed by atoms with Gasteiger partial charge >= 0.3 is 0 Å². The van der Waals surface area contributed by atoms with Crippen LogP contribution < -0.4 is 20.5 Å². The third-order valence-electron chi connectivity index (χ3n) is 2.89. The van der Waals surface area contributed by atoms with E-state index in [0.29, 0.717) is 29.5 Å². The van der Waals surface area contributed by atoms with Crippen LogP contribution in [-0.2, 0) is 11.4 Å². The third kappa shape index (κ3) is 3.89. The molecule has 0 spiro atoms. The second-order valence-corrected chi connectivity index (χ2v) is 4.54. The van der Waals surface area contributed by atoms with Gasteiger partial charge in [-0.05, 0) is 29.8 Å². The number of hydrogen-bond acceptors (Lipinski definition) is 4. The van der Waals surface area contributed by atoms with Crippen molar-refractivity contribution in [3.05, 3.63) is 48.0 Å². The number of nitrogens with one attached hydrogen (secondary N) is 1. The maximum Gasteiger partial charge on any atom is 0.221 e. The molecule has 0 saturated heterocycles. The molecule has 2 aromatic rings. The van der Waals surface area contributed by atoms with E-state index in [1.165, 1.54) is 6.92 Å². The average Bonchev–Trinajstić information content (AvgIpc) is 2.46. The molecule has 1 amide bonds. The number of nitrogens with two attached hydrogens (primary N) is 1. The Morgan fingerprint density at radius 2 is 1.95 bits per heavy atom. The quantitative estimate of drug-likeness (QED) is 0.829. The molecule has 0 aromatic heterocycles. The number of ether oxygens (including phenoxy) is 2. The van der Waals surface area contributed by atoms with Gasteiger partial charge in [0.1, 0.15) is 18.1 Å². The van der Waals surface area contributed by atoms with Gasteiger partial charge in [0, 0.05) is 6.92 Å². The van der Waals surface area contributed by atoms with Crippen molar-refractivity contribution in [3.63, 3.8) is 0 Å². The number of methoxy groups -OCH3 is 1. The van der Waals surface area contributed by atoms with Crippen LogP contribution in [-0.4, -0.2) is 13.0 Å². The molecule has 0 aliphatic heterocycles. The zero-order valence-electron chi connectivity index (χ0n) is 12.1. The minimum absolute atomic E-state index is 0.139. The van der Waals surface area contributed by atoms with Gasteiger partial charge < -0.3 is 20.5 Å². The maximum absolute atomic E-state index is 11.2. The van der Waals surface area contributed by atoms with Gasteiger partial charge in [0.15, 0.2) is 0 Å². The Bertz CT molecular complexity index is 641. The van der Waals surface area contributed by atoms with E-state index in [2.05, 4.69) is 5.32 Å². The highest BCUT2D eigenvalue weighted by Gasteiger charge is 2.06. The molecule has 0 radical (unpaired) electrons. The molecule has 0 unspecified atom stereocenters. The predicted octanol–water partition coefficient (Wildman–Crippen LogP) is 2.81. The number of benzene rings is 2. The molecular formula is C16H18N2O3. The molecule has 0 aliphatic rings.